The van der Waals surface area contributed by atoms with Crippen LogP contribution in [-0.2, 0) is 11.3 Å². The molecular formula is C19H12F3N3O4. The van der Waals surface area contributed by atoms with E-state index in [0.717, 1.165) is 23.0 Å². The predicted octanol–water partition coefficient (Wildman–Crippen LogP) is 4.47. The Morgan fingerprint density at radius 2 is 1.86 bits per heavy atom. The molecule has 0 saturated carbocycles. The summed E-state index contributed by atoms with van der Waals surface area (Å²) in [5.41, 5.74) is 1.50. The quantitative estimate of drug-likeness (QED) is 0.495. The van der Waals surface area contributed by atoms with E-state index in [2.05, 4.69) is 19.9 Å². The molecule has 0 saturated heterocycles. The smallest absolute Gasteiger partial charge is 0.451 e. The largest absolute Gasteiger partial charge is 0.573 e. The maximum atomic E-state index is 12.2. The van der Waals surface area contributed by atoms with E-state index in [1.807, 2.05) is 24.3 Å². The Morgan fingerprint density at radius 3 is 2.59 bits per heavy atom. The number of carbonyl (C=O) groups is 1. The van der Waals surface area contributed by atoms with Crippen LogP contribution in [0.15, 0.2) is 59.1 Å². The van der Waals surface area contributed by atoms with E-state index in [4.69, 9.17) is 9.26 Å². The third-order valence-corrected chi connectivity index (χ3v) is 3.89. The second kappa shape index (κ2) is 7.30. The third kappa shape index (κ3) is 4.37. The van der Waals surface area contributed by atoms with Gasteiger partial charge in [-0.05, 0) is 36.4 Å². The fourth-order valence-corrected chi connectivity index (χ4v) is 2.62. The van der Waals surface area contributed by atoms with Gasteiger partial charge in [-0.25, -0.2) is 4.79 Å². The van der Waals surface area contributed by atoms with Crippen molar-refractivity contribution in [1.29, 1.82) is 0 Å². The Labute approximate surface area is 161 Å². The SMILES string of the molecule is O=C(OCc1nc(-c2ccc(OC(F)(F)F)cc2)no1)c1cc2ccccc2[nH]1. The highest BCUT2D eigenvalue weighted by Gasteiger charge is 2.31. The number of nitrogens with zero attached hydrogens (tertiary/aromatic N) is 2. The maximum Gasteiger partial charge on any atom is 0.573 e. The van der Waals surface area contributed by atoms with Gasteiger partial charge in [0.1, 0.15) is 11.4 Å². The van der Waals surface area contributed by atoms with Gasteiger partial charge in [0.2, 0.25) is 5.82 Å². The van der Waals surface area contributed by atoms with Crippen molar-refractivity contribution in [2.24, 2.45) is 0 Å². The minimum atomic E-state index is -4.77. The second-order valence-electron chi connectivity index (χ2n) is 5.93. The zero-order valence-electron chi connectivity index (χ0n) is 14.6. The van der Waals surface area contributed by atoms with Crippen LogP contribution in [0.2, 0.25) is 0 Å². The number of alkyl halides is 3. The standard InChI is InChI=1S/C19H12F3N3O4/c20-19(21,22)28-13-7-5-11(6-8-13)17-24-16(29-25-17)10-27-18(26)15-9-12-3-1-2-4-14(12)23-15/h1-9,23H,10H2. The van der Waals surface area contributed by atoms with Gasteiger partial charge in [0.05, 0.1) is 0 Å². The van der Waals surface area contributed by atoms with Crippen molar-refractivity contribution in [3.05, 3.63) is 66.2 Å². The van der Waals surface area contributed by atoms with Gasteiger partial charge >= 0.3 is 12.3 Å². The first-order valence-electron chi connectivity index (χ1n) is 8.31. The van der Waals surface area contributed by atoms with E-state index >= 15 is 0 Å². The van der Waals surface area contributed by atoms with Crippen molar-refractivity contribution in [2.75, 3.05) is 0 Å². The van der Waals surface area contributed by atoms with Gasteiger partial charge in [-0.3, -0.25) is 0 Å². The summed E-state index contributed by atoms with van der Waals surface area (Å²) in [6.45, 7) is -0.254. The number of aromatic nitrogens is 3. The summed E-state index contributed by atoms with van der Waals surface area (Å²) in [4.78, 5) is 19.2. The Balaban J connectivity index is 1.39. The molecule has 0 aliphatic rings. The second-order valence-corrected chi connectivity index (χ2v) is 5.93. The summed E-state index contributed by atoms with van der Waals surface area (Å²) < 4.78 is 50.6. The first kappa shape index (κ1) is 18.5. The highest BCUT2D eigenvalue weighted by atomic mass is 19.4. The third-order valence-electron chi connectivity index (χ3n) is 3.89. The molecule has 4 aromatic rings. The summed E-state index contributed by atoms with van der Waals surface area (Å²) in [6.07, 6.45) is -4.77. The summed E-state index contributed by atoms with van der Waals surface area (Å²) >= 11 is 0. The van der Waals surface area contributed by atoms with Crippen molar-refractivity contribution in [1.82, 2.24) is 15.1 Å². The van der Waals surface area contributed by atoms with Crippen LogP contribution in [0.1, 0.15) is 16.4 Å². The lowest BCUT2D eigenvalue weighted by Crippen LogP contribution is -2.16. The van der Waals surface area contributed by atoms with Gasteiger partial charge in [0, 0.05) is 16.5 Å². The molecule has 0 unspecified atom stereocenters. The van der Waals surface area contributed by atoms with Gasteiger partial charge < -0.3 is 19.0 Å². The molecule has 0 atom stereocenters. The minimum Gasteiger partial charge on any atom is -0.451 e. The molecule has 29 heavy (non-hydrogen) atoms. The van der Waals surface area contributed by atoms with Gasteiger partial charge in [0.25, 0.3) is 5.89 Å². The molecule has 7 nitrogen and oxygen atoms in total. The Morgan fingerprint density at radius 1 is 1.10 bits per heavy atom. The molecule has 10 heteroatoms. The molecule has 2 aromatic heterocycles. The van der Waals surface area contributed by atoms with Crippen LogP contribution in [0, 0.1) is 0 Å². The average Bonchev–Trinajstić information content (AvgIpc) is 3.32. The van der Waals surface area contributed by atoms with E-state index < -0.39 is 12.3 Å². The highest BCUT2D eigenvalue weighted by Crippen LogP contribution is 2.25. The number of nitrogens with one attached hydrogen (secondary N) is 1. The normalized spacial score (nSPS) is 11.6. The summed E-state index contributed by atoms with van der Waals surface area (Å²) in [5, 5.41) is 4.60. The van der Waals surface area contributed by atoms with Crippen LogP contribution in [0.25, 0.3) is 22.3 Å². The fourth-order valence-electron chi connectivity index (χ4n) is 2.62. The topological polar surface area (TPSA) is 90.2 Å². The van der Waals surface area contributed by atoms with E-state index in [1.165, 1.54) is 12.1 Å². The number of hydrogen-bond donors (Lipinski definition) is 1. The van der Waals surface area contributed by atoms with Crippen molar-refractivity contribution >= 4 is 16.9 Å². The number of esters is 1. The molecule has 0 aliphatic heterocycles. The predicted molar refractivity (Wildman–Crippen MR) is 93.8 cm³/mol. The zero-order chi connectivity index (χ0) is 20.4. The van der Waals surface area contributed by atoms with Gasteiger partial charge in [-0.15, -0.1) is 13.2 Å². The van der Waals surface area contributed by atoms with Crippen molar-refractivity contribution < 1.29 is 32.0 Å². The lowest BCUT2D eigenvalue weighted by Gasteiger charge is -2.08. The monoisotopic (exact) mass is 403 g/mol. The number of ether oxygens (including phenoxy) is 2. The number of halogens is 3. The molecular weight excluding hydrogens is 391 g/mol. The van der Waals surface area contributed by atoms with Crippen LogP contribution in [0.3, 0.4) is 0 Å². The highest BCUT2D eigenvalue weighted by molar-refractivity contribution is 5.94. The molecule has 2 heterocycles. The number of aromatic amines is 1. The number of H-pyrrole nitrogens is 1. The van der Waals surface area contributed by atoms with Crippen LogP contribution >= 0.6 is 0 Å². The van der Waals surface area contributed by atoms with Crippen LogP contribution in [0.4, 0.5) is 13.2 Å². The molecule has 2 aromatic carbocycles. The minimum absolute atomic E-state index is 0.0417. The Bertz CT molecular complexity index is 1120. The zero-order valence-corrected chi connectivity index (χ0v) is 14.6. The first-order chi connectivity index (χ1) is 13.9. The summed E-state index contributed by atoms with van der Waals surface area (Å²) in [5.74, 6) is -0.771. The molecule has 0 radical (unpaired) electrons. The van der Waals surface area contributed by atoms with Gasteiger partial charge in [0.15, 0.2) is 6.61 Å². The fraction of sp³-hybridized carbons (Fsp3) is 0.105. The molecule has 0 amide bonds. The molecule has 0 aliphatic carbocycles. The molecule has 148 valence electrons. The van der Waals surface area contributed by atoms with E-state index in [9.17, 15) is 18.0 Å². The van der Waals surface area contributed by atoms with Gasteiger partial charge in [-0.1, -0.05) is 23.4 Å². The summed E-state index contributed by atoms with van der Waals surface area (Å²) in [7, 11) is 0. The van der Waals surface area contributed by atoms with E-state index in [0.29, 0.717) is 5.56 Å². The average molecular weight is 403 g/mol. The molecule has 0 bridgehead atoms. The lowest BCUT2D eigenvalue weighted by molar-refractivity contribution is -0.274. The maximum absolute atomic E-state index is 12.2. The van der Waals surface area contributed by atoms with E-state index in [-0.39, 0.29) is 29.8 Å². The number of benzene rings is 2. The van der Waals surface area contributed by atoms with Crippen molar-refractivity contribution in [3.8, 4) is 17.1 Å². The number of carbonyl (C=O) groups excluding carboxylic acids is 1. The molecule has 4 rings (SSSR count). The number of rotatable bonds is 5. The Hall–Kier alpha value is -3.82. The van der Waals surface area contributed by atoms with E-state index in [1.54, 1.807) is 6.07 Å². The van der Waals surface area contributed by atoms with Crippen LogP contribution < -0.4 is 4.74 Å². The number of fused-ring (bicyclic) bond motifs is 1. The Kier molecular flexibility index (Phi) is 4.67. The first-order valence-corrected chi connectivity index (χ1v) is 8.31. The number of para-hydroxylation sites is 1. The molecule has 1 N–H and O–H groups in total. The van der Waals surface area contributed by atoms with Crippen LogP contribution in [-0.4, -0.2) is 27.5 Å². The van der Waals surface area contributed by atoms with Crippen molar-refractivity contribution in [3.63, 3.8) is 0 Å². The molecule has 0 fully saturated rings. The lowest BCUT2D eigenvalue weighted by atomic mass is 10.2. The summed E-state index contributed by atoms with van der Waals surface area (Å²) in [6, 6.07) is 14.0. The number of hydrogen-bond acceptors (Lipinski definition) is 6. The van der Waals surface area contributed by atoms with Gasteiger partial charge in [-0.2, -0.15) is 4.98 Å². The van der Waals surface area contributed by atoms with Crippen molar-refractivity contribution in [2.45, 2.75) is 13.0 Å². The molecule has 0 spiro atoms. The van der Waals surface area contributed by atoms with Crippen LogP contribution in [0.5, 0.6) is 5.75 Å².